The first-order chi connectivity index (χ1) is 14.1. The number of amides is 1. The van der Waals surface area contributed by atoms with Gasteiger partial charge in [0.2, 0.25) is 0 Å². The third kappa shape index (κ3) is 4.16. The summed E-state index contributed by atoms with van der Waals surface area (Å²) in [5.74, 6) is -0.142. The van der Waals surface area contributed by atoms with Gasteiger partial charge in [-0.3, -0.25) is 4.79 Å². The van der Waals surface area contributed by atoms with Crippen LogP contribution in [0.15, 0.2) is 54.6 Å². The van der Waals surface area contributed by atoms with Crippen molar-refractivity contribution < 1.29 is 14.6 Å². The van der Waals surface area contributed by atoms with Crippen molar-refractivity contribution >= 4 is 16.8 Å². The second kappa shape index (κ2) is 8.31. The van der Waals surface area contributed by atoms with Gasteiger partial charge in [0.25, 0.3) is 5.91 Å². The topological polar surface area (TPSA) is 71.5 Å². The number of para-hydroxylation sites is 1. The van der Waals surface area contributed by atoms with E-state index in [0.717, 1.165) is 35.0 Å². The number of aliphatic hydroxyl groups excluding tert-OH is 1. The highest BCUT2D eigenvalue weighted by atomic mass is 16.5. The Morgan fingerprint density at radius 3 is 2.59 bits per heavy atom. The normalized spacial score (nSPS) is 15.9. The zero-order chi connectivity index (χ0) is 20.3. The van der Waals surface area contributed by atoms with Gasteiger partial charge < -0.3 is 15.2 Å². The summed E-state index contributed by atoms with van der Waals surface area (Å²) in [6.07, 6.45) is 1.49. The lowest BCUT2D eigenvalue weighted by molar-refractivity contribution is -0.0146. The van der Waals surface area contributed by atoms with E-state index in [2.05, 4.69) is 5.32 Å². The third-order valence-corrected chi connectivity index (χ3v) is 5.82. The van der Waals surface area contributed by atoms with E-state index in [9.17, 15) is 9.90 Å². The van der Waals surface area contributed by atoms with Gasteiger partial charge in [0.05, 0.1) is 23.4 Å². The summed E-state index contributed by atoms with van der Waals surface area (Å²) in [7, 11) is 0. The fourth-order valence-corrected chi connectivity index (χ4v) is 3.79. The van der Waals surface area contributed by atoms with Crippen LogP contribution in [0.4, 0.5) is 0 Å². The molecule has 2 heterocycles. The largest absolute Gasteiger partial charge is 0.396 e. The summed E-state index contributed by atoms with van der Waals surface area (Å²) >= 11 is 0. The number of hydrogen-bond acceptors (Lipinski definition) is 4. The predicted molar refractivity (Wildman–Crippen MR) is 114 cm³/mol. The molecule has 0 aliphatic carbocycles. The molecule has 4 rings (SSSR count). The molecule has 0 unspecified atom stereocenters. The molecular formula is C24H26N2O3. The van der Waals surface area contributed by atoms with Gasteiger partial charge in [0.1, 0.15) is 0 Å². The summed E-state index contributed by atoms with van der Waals surface area (Å²) in [4.78, 5) is 17.9. The van der Waals surface area contributed by atoms with E-state index in [4.69, 9.17) is 9.72 Å². The first kappa shape index (κ1) is 19.6. The van der Waals surface area contributed by atoms with E-state index in [1.807, 2.05) is 61.5 Å². The van der Waals surface area contributed by atoms with Gasteiger partial charge in [-0.15, -0.1) is 0 Å². The minimum Gasteiger partial charge on any atom is -0.396 e. The molecule has 3 aromatic rings. The van der Waals surface area contributed by atoms with Gasteiger partial charge in [0.15, 0.2) is 0 Å². The molecule has 0 saturated carbocycles. The van der Waals surface area contributed by atoms with Crippen LogP contribution in [-0.4, -0.2) is 42.4 Å². The molecule has 150 valence electrons. The van der Waals surface area contributed by atoms with Crippen molar-refractivity contribution in [3.63, 3.8) is 0 Å². The van der Waals surface area contributed by atoms with Gasteiger partial charge in [0, 0.05) is 36.1 Å². The van der Waals surface area contributed by atoms with Gasteiger partial charge >= 0.3 is 0 Å². The molecule has 29 heavy (non-hydrogen) atoms. The highest BCUT2D eigenvalue weighted by molar-refractivity contribution is 6.07. The number of aryl methyl sites for hydroxylation is 1. The smallest absolute Gasteiger partial charge is 0.252 e. The number of carbonyl (C=O) groups is 1. The number of benzene rings is 2. The molecule has 0 bridgehead atoms. The summed E-state index contributed by atoms with van der Waals surface area (Å²) in [5, 5.41) is 13.8. The maximum atomic E-state index is 13.1. The Morgan fingerprint density at radius 2 is 1.86 bits per heavy atom. The van der Waals surface area contributed by atoms with E-state index in [0.29, 0.717) is 25.3 Å². The SMILES string of the molecule is Cc1ccc(-c2cc(C(=O)NCC3(CO)CCOCC3)c3ccccc3n2)cc1. The number of fused-ring (bicyclic) bond motifs is 1. The molecule has 2 N–H and O–H groups in total. The zero-order valence-corrected chi connectivity index (χ0v) is 16.6. The quantitative estimate of drug-likeness (QED) is 0.696. The molecule has 0 atom stereocenters. The molecule has 0 spiro atoms. The number of ether oxygens (including phenoxy) is 1. The van der Waals surface area contributed by atoms with Crippen LogP contribution in [0.3, 0.4) is 0 Å². The van der Waals surface area contributed by atoms with Gasteiger partial charge in [-0.2, -0.15) is 0 Å². The Bertz CT molecular complexity index is 1010. The minimum atomic E-state index is -0.309. The molecule has 2 aromatic carbocycles. The highest BCUT2D eigenvalue weighted by Gasteiger charge is 2.32. The van der Waals surface area contributed by atoms with E-state index in [1.54, 1.807) is 0 Å². The predicted octanol–water partition coefficient (Wildman–Crippen LogP) is 3.73. The van der Waals surface area contributed by atoms with Crippen molar-refractivity contribution in [1.29, 1.82) is 0 Å². The average Bonchev–Trinajstić information content (AvgIpc) is 2.78. The molecule has 1 aromatic heterocycles. The molecule has 5 nitrogen and oxygen atoms in total. The molecule has 1 saturated heterocycles. The van der Waals surface area contributed by atoms with E-state index >= 15 is 0 Å². The summed E-state index contributed by atoms with van der Waals surface area (Å²) in [6.45, 7) is 3.76. The Morgan fingerprint density at radius 1 is 1.14 bits per heavy atom. The summed E-state index contributed by atoms with van der Waals surface area (Å²) < 4.78 is 5.42. The maximum Gasteiger partial charge on any atom is 0.252 e. The zero-order valence-electron chi connectivity index (χ0n) is 16.6. The number of rotatable bonds is 5. The molecule has 1 amide bonds. The number of aliphatic hydroxyl groups is 1. The van der Waals surface area contributed by atoms with Crippen molar-refractivity contribution in [2.24, 2.45) is 5.41 Å². The van der Waals surface area contributed by atoms with Gasteiger partial charge in [-0.25, -0.2) is 4.98 Å². The van der Waals surface area contributed by atoms with Crippen molar-refractivity contribution in [2.45, 2.75) is 19.8 Å². The Kier molecular flexibility index (Phi) is 5.60. The number of carbonyl (C=O) groups excluding carboxylic acids is 1. The average molecular weight is 390 g/mol. The van der Waals surface area contributed by atoms with Gasteiger partial charge in [-0.1, -0.05) is 48.0 Å². The molecule has 5 heteroatoms. The fourth-order valence-electron chi connectivity index (χ4n) is 3.79. The van der Waals surface area contributed by atoms with Crippen LogP contribution >= 0.6 is 0 Å². The molecule has 1 aliphatic heterocycles. The van der Waals surface area contributed by atoms with Crippen LogP contribution in [0.25, 0.3) is 22.2 Å². The Hall–Kier alpha value is -2.76. The van der Waals surface area contributed by atoms with E-state index < -0.39 is 0 Å². The third-order valence-electron chi connectivity index (χ3n) is 5.82. The second-order valence-electron chi connectivity index (χ2n) is 7.89. The van der Waals surface area contributed by atoms with Crippen LogP contribution < -0.4 is 5.32 Å². The lowest BCUT2D eigenvalue weighted by Gasteiger charge is -2.35. The first-order valence-corrected chi connectivity index (χ1v) is 10.0. The molecule has 1 fully saturated rings. The van der Waals surface area contributed by atoms with E-state index in [1.165, 1.54) is 5.56 Å². The van der Waals surface area contributed by atoms with Gasteiger partial charge in [-0.05, 0) is 31.9 Å². The number of nitrogens with one attached hydrogen (secondary N) is 1. The van der Waals surface area contributed by atoms with Crippen molar-refractivity contribution in [3.8, 4) is 11.3 Å². The fraction of sp³-hybridized carbons (Fsp3) is 0.333. The van der Waals surface area contributed by atoms with Crippen LogP contribution in [-0.2, 0) is 4.74 Å². The van der Waals surface area contributed by atoms with Crippen molar-refractivity contribution in [2.75, 3.05) is 26.4 Å². The minimum absolute atomic E-state index is 0.0440. The van der Waals surface area contributed by atoms with E-state index in [-0.39, 0.29) is 17.9 Å². The number of hydrogen-bond donors (Lipinski definition) is 2. The highest BCUT2D eigenvalue weighted by Crippen LogP contribution is 2.30. The van der Waals surface area contributed by atoms with Crippen molar-refractivity contribution in [1.82, 2.24) is 10.3 Å². The number of nitrogens with zero attached hydrogens (tertiary/aromatic N) is 1. The van der Waals surface area contributed by atoms with Crippen LogP contribution in [0.5, 0.6) is 0 Å². The molecule has 0 radical (unpaired) electrons. The number of pyridine rings is 1. The molecule has 1 aliphatic rings. The summed E-state index contributed by atoms with van der Waals surface area (Å²) in [6, 6.07) is 17.7. The van der Waals surface area contributed by atoms with Crippen LogP contribution in [0, 0.1) is 12.3 Å². The lowest BCUT2D eigenvalue weighted by atomic mass is 9.81. The summed E-state index contributed by atoms with van der Waals surface area (Å²) in [5.41, 5.74) is 4.02. The number of aromatic nitrogens is 1. The maximum absolute atomic E-state index is 13.1. The van der Waals surface area contributed by atoms with Crippen LogP contribution in [0.2, 0.25) is 0 Å². The lowest BCUT2D eigenvalue weighted by Crippen LogP contribution is -2.43. The Labute approximate surface area is 170 Å². The second-order valence-corrected chi connectivity index (χ2v) is 7.89. The monoisotopic (exact) mass is 390 g/mol. The van der Waals surface area contributed by atoms with Crippen molar-refractivity contribution in [3.05, 3.63) is 65.7 Å². The standard InChI is InChI=1S/C24H26N2O3/c1-17-6-8-18(9-7-17)22-14-20(19-4-2-3-5-21(19)26-22)23(28)25-15-24(16-27)10-12-29-13-11-24/h2-9,14,27H,10-13,15-16H2,1H3,(H,25,28). The first-order valence-electron chi connectivity index (χ1n) is 10.0. The van der Waals surface area contributed by atoms with Crippen LogP contribution in [0.1, 0.15) is 28.8 Å². The molecular weight excluding hydrogens is 364 g/mol. The Balaban J connectivity index is 1.66.